The maximum Gasteiger partial charge on any atom is 0.327 e. The Morgan fingerprint density at radius 2 is 2.28 bits per heavy atom. The first kappa shape index (κ1) is 12.7. The SMILES string of the molecule is NC(=O)c1cccc(N2CCSCC2C(=O)O)n1. The van der Waals surface area contributed by atoms with Crippen molar-refractivity contribution in [1.82, 2.24) is 4.98 Å². The molecular weight excluding hydrogens is 254 g/mol. The van der Waals surface area contributed by atoms with Crippen molar-refractivity contribution < 1.29 is 14.7 Å². The molecule has 1 aromatic heterocycles. The van der Waals surface area contributed by atoms with E-state index in [9.17, 15) is 14.7 Å². The summed E-state index contributed by atoms with van der Waals surface area (Å²) in [6.45, 7) is 0.594. The van der Waals surface area contributed by atoms with Gasteiger partial charge in [-0.05, 0) is 12.1 Å². The van der Waals surface area contributed by atoms with Crippen molar-refractivity contribution in [2.45, 2.75) is 6.04 Å². The molecule has 0 spiro atoms. The predicted octanol–water partition coefficient (Wildman–Crippen LogP) is 0.187. The number of carbonyl (C=O) groups is 2. The van der Waals surface area contributed by atoms with Gasteiger partial charge in [-0.2, -0.15) is 11.8 Å². The highest BCUT2D eigenvalue weighted by atomic mass is 32.2. The van der Waals surface area contributed by atoms with Gasteiger partial charge in [0, 0.05) is 18.1 Å². The fourth-order valence-corrected chi connectivity index (χ4v) is 2.84. The average molecular weight is 267 g/mol. The molecule has 7 heteroatoms. The molecule has 3 N–H and O–H groups in total. The molecule has 6 nitrogen and oxygen atoms in total. The summed E-state index contributed by atoms with van der Waals surface area (Å²) in [4.78, 5) is 28.1. The minimum Gasteiger partial charge on any atom is -0.480 e. The average Bonchev–Trinajstić information content (AvgIpc) is 2.39. The van der Waals surface area contributed by atoms with Crippen LogP contribution in [0.25, 0.3) is 0 Å². The van der Waals surface area contributed by atoms with Gasteiger partial charge in [-0.1, -0.05) is 6.07 Å². The first-order valence-corrected chi connectivity index (χ1v) is 6.59. The van der Waals surface area contributed by atoms with Gasteiger partial charge in [-0.3, -0.25) is 4.79 Å². The van der Waals surface area contributed by atoms with Crippen LogP contribution < -0.4 is 10.6 Å². The molecular formula is C11H13N3O3S. The first-order chi connectivity index (χ1) is 8.59. The number of nitrogens with zero attached hydrogens (tertiary/aromatic N) is 2. The zero-order chi connectivity index (χ0) is 13.1. The standard InChI is InChI=1S/C11H13N3O3S/c12-10(15)7-2-1-3-9(13-7)14-4-5-18-6-8(14)11(16)17/h1-3,8H,4-6H2,(H2,12,15)(H,16,17). The summed E-state index contributed by atoms with van der Waals surface area (Å²) in [6, 6.07) is 4.25. The van der Waals surface area contributed by atoms with Crippen LogP contribution in [0, 0.1) is 0 Å². The normalized spacial score (nSPS) is 19.6. The number of pyridine rings is 1. The molecule has 0 bridgehead atoms. The Morgan fingerprint density at radius 3 is 2.94 bits per heavy atom. The van der Waals surface area contributed by atoms with E-state index >= 15 is 0 Å². The van der Waals surface area contributed by atoms with Gasteiger partial charge in [-0.25, -0.2) is 9.78 Å². The highest BCUT2D eigenvalue weighted by Crippen LogP contribution is 2.22. The summed E-state index contributed by atoms with van der Waals surface area (Å²) in [6.07, 6.45) is 0. The molecule has 0 saturated carbocycles. The van der Waals surface area contributed by atoms with Crippen molar-refractivity contribution in [3.63, 3.8) is 0 Å². The third kappa shape index (κ3) is 2.56. The van der Waals surface area contributed by atoms with E-state index in [1.165, 1.54) is 6.07 Å². The number of carbonyl (C=O) groups excluding carboxylic acids is 1. The lowest BCUT2D eigenvalue weighted by atomic mass is 10.2. The number of hydrogen-bond acceptors (Lipinski definition) is 5. The van der Waals surface area contributed by atoms with E-state index in [0.717, 1.165) is 5.75 Å². The van der Waals surface area contributed by atoms with Crippen molar-refractivity contribution in [1.29, 1.82) is 0 Å². The summed E-state index contributed by atoms with van der Waals surface area (Å²) in [5.74, 6) is 0.340. The number of hydrogen-bond donors (Lipinski definition) is 2. The molecule has 0 radical (unpaired) electrons. The van der Waals surface area contributed by atoms with Gasteiger partial charge in [0.25, 0.3) is 5.91 Å². The topological polar surface area (TPSA) is 96.5 Å². The molecule has 1 fully saturated rings. The van der Waals surface area contributed by atoms with Gasteiger partial charge < -0.3 is 15.7 Å². The summed E-state index contributed by atoms with van der Waals surface area (Å²) in [5, 5.41) is 9.17. The summed E-state index contributed by atoms with van der Waals surface area (Å²) < 4.78 is 0. The van der Waals surface area contributed by atoms with Crippen molar-refractivity contribution in [3.05, 3.63) is 23.9 Å². The molecule has 1 atom stereocenters. The number of primary amides is 1. The number of rotatable bonds is 3. The summed E-state index contributed by atoms with van der Waals surface area (Å²) in [5.41, 5.74) is 5.31. The molecule has 1 aliphatic heterocycles. The maximum atomic E-state index is 11.2. The van der Waals surface area contributed by atoms with E-state index in [0.29, 0.717) is 18.1 Å². The predicted molar refractivity (Wildman–Crippen MR) is 68.8 cm³/mol. The second-order valence-electron chi connectivity index (χ2n) is 3.87. The molecule has 0 aromatic carbocycles. The fraction of sp³-hybridized carbons (Fsp3) is 0.364. The minimum atomic E-state index is -0.881. The van der Waals surface area contributed by atoms with Gasteiger partial charge in [0.2, 0.25) is 0 Å². The Morgan fingerprint density at radius 1 is 1.50 bits per heavy atom. The fourth-order valence-electron chi connectivity index (χ4n) is 1.80. The number of aromatic nitrogens is 1. The van der Waals surface area contributed by atoms with E-state index in [1.807, 2.05) is 0 Å². The van der Waals surface area contributed by atoms with Crippen molar-refractivity contribution in [3.8, 4) is 0 Å². The number of carboxylic acid groups (broad SMARTS) is 1. The number of anilines is 1. The third-order valence-corrected chi connectivity index (χ3v) is 3.72. The lowest BCUT2D eigenvalue weighted by molar-refractivity contribution is -0.138. The van der Waals surface area contributed by atoms with Gasteiger partial charge in [0.1, 0.15) is 17.6 Å². The van der Waals surface area contributed by atoms with Gasteiger partial charge in [-0.15, -0.1) is 0 Å². The van der Waals surface area contributed by atoms with Gasteiger partial charge in [0.05, 0.1) is 0 Å². The van der Waals surface area contributed by atoms with Crippen LogP contribution in [-0.2, 0) is 4.79 Å². The largest absolute Gasteiger partial charge is 0.480 e. The quantitative estimate of drug-likeness (QED) is 0.811. The number of thioether (sulfide) groups is 1. The lowest BCUT2D eigenvalue weighted by Gasteiger charge is -2.33. The molecule has 0 aliphatic carbocycles. The van der Waals surface area contributed by atoms with E-state index in [1.54, 1.807) is 28.8 Å². The Balaban J connectivity index is 2.30. The molecule has 2 rings (SSSR count). The van der Waals surface area contributed by atoms with Gasteiger partial charge in [0.15, 0.2) is 0 Å². The molecule has 1 aliphatic rings. The third-order valence-electron chi connectivity index (χ3n) is 2.69. The van der Waals surface area contributed by atoms with Gasteiger partial charge >= 0.3 is 5.97 Å². The van der Waals surface area contributed by atoms with Crippen molar-refractivity contribution in [2.75, 3.05) is 23.0 Å². The van der Waals surface area contributed by atoms with Crippen LogP contribution in [-0.4, -0.2) is 46.1 Å². The second kappa shape index (κ2) is 5.26. The van der Waals surface area contributed by atoms with Crippen LogP contribution in [0.5, 0.6) is 0 Å². The number of nitrogens with two attached hydrogens (primary N) is 1. The molecule has 96 valence electrons. The van der Waals surface area contributed by atoms with Crippen molar-refractivity contribution >= 4 is 29.5 Å². The molecule has 18 heavy (non-hydrogen) atoms. The van der Waals surface area contributed by atoms with Crippen LogP contribution in [0.4, 0.5) is 5.82 Å². The molecule has 2 heterocycles. The zero-order valence-corrected chi connectivity index (χ0v) is 10.4. The van der Waals surface area contributed by atoms with E-state index in [-0.39, 0.29) is 5.69 Å². The van der Waals surface area contributed by atoms with Crippen LogP contribution in [0.1, 0.15) is 10.5 Å². The molecule has 1 saturated heterocycles. The van der Waals surface area contributed by atoms with Crippen LogP contribution in [0.15, 0.2) is 18.2 Å². The lowest BCUT2D eigenvalue weighted by Crippen LogP contribution is -2.48. The molecule has 1 unspecified atom stereocenters. The Kier molecular flexibility index (Phi) is 3.71. The first-order valence-electron chi connectivity index (χ1n) is 5.43. The Hall–Kier alpha value is -1.76. The summed E-state index contributed by atoms with van der Waals surface area (Å²) >= 11 is 1.60. The van der Waals surface area contributed by atoms with E-state index in [4.69, 9.17) is 5.73 Å². The Labute approximate surface area is 108 Å². The number of carboxylic acids is 1. The monoisotopic (exact) mass is 267 g/mol. The highest BCUT2D eigenvalue weighted by Gasteiger charge is 2.29. The Bertz CT molecular complexity index is 480. The van der Waals surface area contributed by atoms with E-state index in [2.05, 4.69) is 4.98 Å². The molecule has 1 amide bonds. The number of aliphatic carboxylic acids is 1. The number of amides is 1. The van der Waals surface area contributed by atoms with E-state index < -0.39 is 17.9 Å². The van der Waals surface area contributed by atoms with Crippen LogP contribution >= 0.6 is 11.8 Å². The smallest absolute Gasteiger partial charge is 0.327 e. The van der Waals surface area contributed by atoms with Crippen molar-refractivity contribution in [2.24, 2.45) is 5.73 Å². The minimum absolute atomic E-state index is 0.148. The highest BCUT2D eigenvalue weighted by molar-refractivity contribution is 7.99. The van der Waals surface area contributed by atoms with Crippen LogP contribution in [0.2, 0.25) is 0 Å². The van der Waals surface area contributed by atoms with Crippen LogP contribution in [0.3, 0.4) is 0 Å². The zero-order valence-electron chi connectivity index (χ0n) is 9.57. The molecule has 1 aromatic rings. The summed E-state index contributed by atoms with van der Waals surface area (Å²) in [7, 11) is 0. The second-order valence-corrected chi connectivity index (χ2v) is 5.02. The maximum absolute atomic E-state index is 11.2.